The molecular formula is C13H16ClNO2. The fourth-order valence-electron chi connectivity index (χ4n) is 2.02. The zero-order valence-electron chi connectivity index (χ0n) is 9.62. The molecule has 17 heavy (non-hydrogen) atoms. The van der Waals surface area contributed by atoms with Gasteiger partial charge in [-0.15, -0.1) is 0 Å². The van der Waals surface area contributed by atoms with Crippen LogP contribution in [0.1, 0.15) is 31.2 Å². The third-order valence-electron chi connectivity index (χ3n) is 2.90. The van der Waals surface area contributed by atoms with Crippen LogP contribution in [0, 0.1) is 0 Å². The topological polar surface area (TPSA) is 38.3 Å². The number of carbonyl (C=O) groups excluding carboxylic acids is 1. The number of hydroxylamine groups is 1. The van der Waals surface area contributed by atoms with Crippen LogP contribution < -0.4 is 5.48 Å². The highest BCUT2D eigenvalue weighted by Crippen LogP contribution is 2.19. The van der Waals surface area contributed by atoms with Gasteiger partial charge in [0.05, 0.1) is 12.5 Å². The van der Waals surface area contributed by atoms with Crippen LogP contribution in [0.25, 0.3) is 0 Å². The van der Waals surface area contributed by atoms with Gasteiger partial charge in [-0.2, -0.15) is 0 Å². The molecule has 0 bridgehead atoms. The number of benzene rings is 1. The van der Waals surface area contributed by atoms with Gasteiger partial charge < -0.3 is 0 Å². The molecule has 92 valence electrons. The van der Waals surface area contributed by atoms with Crippen LogP contribution >= 0.6 is 11.6 Å². The standard InChI is InChI=1S/C13H16ClNO2/c14-11-5-3-4-10(8-11)9-13(16)15-17-12-6-1-2-7-12/h3-5,8,12H,1-2,6-7,9H2,(H,15,16). The molecule has 0 unspecified atom stereocenters. The maximum Gasteiger partial charge on any atom is 0.247 e. The molecule has 1 N–H and O–H groups in total. The summed E-state index contributed by atoms with van der Waals surface area (Å²) in [5.74, 6) is -0.126. The molecule has 1 fully saturated rings. The second-order valence-corrected chi connectivity index (χ2v) is 4.79. The van der Waals surface area contributed by atoms with Crippen molar-refractivity contribution in [3.63, 3.8) is 0 Å². The Hall–Kier alpha value is -1.06. The predicted octanol–water partition coefficient (Wildman–Crippen LogP) is 2.87. The molecule has 1 aromatic carbocycles. The first kappa shape index (κ1) is 12.4. The van der Waals surface area contributed by atoms with E-state index in [1.165, 1.54) is 12.8 Å². The number of halogens is 1. The Balaban J connectivity index is 1.76. The van der Waals surface area contributed by atoms with E-state index < -0.39 is 0 Å². The summed E-state index contributed by atoms with van der Waals surface area (Å²) in [6.07, 6.45) is 4.95. The van der Waals surface area contributed by atoms with Gasteiger partial charge in [-0.3, -0.25) is 9.63 Å². The Kier molecular flexibility index (Phi) is 4.40. The normalized spacial score (nSPS) is 16.1. The van der Waals surface area contributed by atoms with Crippen molar-refractivity contribution in [3.05, 3.63) is 34.9 Å². The van der Waals surface area contributed by atoms with Crippen LogP contribution in [0.4, 0.5) is 0 Å². The van der Waals surface area contributed by atoms with Crippen LogP contribution in [0.15, 0.2) is 24.3 Å². The molecule has 0 saturated heterocycles. The van der Waals surface area contributed by atoms with Crippen molar-refractivity contribution in [2.45, 2.75) is 38.2 Å². The van der Waals surface area contributed by atoms with Crippen LogP contribution in [0.2, 0.25) is 5.02 Å². The highest BCUT2D eigenvalue weighted by Gasteiger charge is 2.16. The highest BCUT2D eigenvalue weighted by atomic mass is 35.5. The summed E-state index contributed by atoms with van der Waals surface area (Å²) in [6.45, 7) is 0. The molecule has 1 saturated carbocycles. The van der Waals surface area contributed by atoms with Gasteiger partial charge in [0.15, 0.2) is 0 Å². The Morgan fingerprint density at radius 2 is 2.18 bits per heavy atom. The molecule has 3 nitrogen and oxygen atoms in total. The zero-order chi connectivity index (χ0) is 12.1. The van der Waals surface area contributed by atoms with E-state index >= 15 is 0 Å². The Morgan fingerprint density at radius 3 is 2.88 bits per heavy atom. The molecular weight excluding hydrogens is 238 g/mol. The van der Waals surface area contributed by atoms with Crippen molar-refractivity contribution in [1.82, 2.24) is 5.48 Å². The minimum atomic E-state index is -0.126. The number of nitrogens with one attached hydrogen (secondary N) is 1. The van der Waals surface area contributed by atoms with Gasteiger partial charge in [0, 0.05) is 5.02 Å². The molecule has 0 aliphatic heterocycles. The smallest absolute Gasteiger partial charge is 0.247 e. The molecule has 0 spiro atoms. The number of amides is 1. The summed E-state index contributed by atoms with van der Waals surface area (Å²) in [5, 5.41) is 0.645. The highest BCUT2D eigenvalue weighted by molar-refractivity contribution is 6.30. The lowest BCUT2D eigenvalue weighted by Crippen LogP contribution is -2.29. The van der Waals surface area contributed by atoms with E-state index in [2.05, 4.69) is 5.48 Å². The lowest BCUT2D eigenvalue weighted by molar-refractivity contribution is -0.137. The largest absolute Gasteiger partial charge is 0.272 e. The van der Waals surface area contributed by atoms with Gasteiger partial charge in [-0.05, 0) is 30.5 Å². The number of hydrogen-bond acceptors (Lipinski definition) is 2. The SMILES string of the molecule is O=C(Cc1cccc(Cl)c1)NOC1CCCC1. The van der Waals surface area contributed by atoms with Gasteiger partial charge >= 0.3 is 0 Å². The maximum absolute atomic E-state index is 11.6. The van der Waals surface area contributed by atoms with Crippen molar-refractivity contribution < 1.29 is 9.63 Å². The summed E-state index contributed by atoms with van der Waals surface area (Å²) in [6, 6.07) is 7.29. The van der Waals surface area contributed by atoms with Gasteiger partial charge in [-0.25, -0.2) is 5.48 Å². The monoisotopic (exact) mass is 253 g/mol. The summed E-state index contributed by atoms with van der Waals surface area (Å²) in [4.78, 5) is 16.9. The molecule has 1 aliphatic rings. The van der Waals surface area contributed by atoms with Crippen LogP contribution in [-0.2, 0) is 16.1 Å². The Morgan fingerprint density at radius 1 is 1.41 bits per heavy atom. The molecule has 4 heteroatoms. The van der Waals surface area contributed by atoms with Gasteiger partial charge in [0.1, 0.15) is 0 Å². The Bertz CT molecular complexity index is 389. The average molecular weight is 254 g/mol. The van der Waals surface area contributed by atoms with Crippen LogP contribution in [0.3, 0.4) is 0 Å². The third kappa shape index (κ3) is 4.02. The zero-order valence-corrected chi connectivity index (χ0v) is 10.4. The molecule has 1 amide bonds. The van der Waals surface area contributed by atoms with Crippen molar-refractivity contribution in [3.8, 4) is 0 Å². The fraction of sp³-hybridized carbons (Fsp3) is 0.462. The van der Waals surface area contributed by atoms with Crippen LogP contribution in [0.5, 0.6) is 0 Å². The second-order valence-electron chi connectivity index (χ2n) is 4.36. The first-order valence-electron chi connectivity index (χ1n) is 5.93. The van der Waals surface area contributed by atoms with Gasteiger partial charge in [0.2, 0.25) is 5.91 Å². The lowest BCUT2D eigenvalue weighted by atomic mass is 10.1. The van der Waals surface area contributed by atoms with E-state index in [0.717, 1.165) is 18.4 Å². The lowest BCUT2D eigenvalue weighted by Gasteiger charge is -2.11. The first-order valence-corrected chi connectivity index (χ1v) is 6.31. The first-order chi connectivity index (χ1) is 8.24. The molecule has 0 aromatic heterocycles. The Labute approximate surface area is 106 Å². The van der Waals surface area contributed by atoms with Crippen molar-refractivity contribution >= 4 is 17.5 Å². The summed E-state index contributed by atoms with van der Waals surface area (Å²) < 4.78 is 0. The molecule has 0 radical (unpaired) electrons. The van der Waals surface area contributed by atoms with Crippen LogP contribution in [-0.4, -0.2) is 12.0 Å². The van der Waals surface area contributed by atoms with Crippen molar-refractivity contribution in [1.29, 1.82) is 0 Å². The number of hydrogen-bond donors (Lipinski definition) is 1. The second kappa shape index (κ2) is 6.03. The number of rotatable bonds is 4. The fourth-order valence-corrected chi connectivity index (χ4v) is 2.24. The molecule has 0 atom stereocenters. The minimum Gasteiger partial charge on any atom is -0.272 e. The molecule has 1 aliphatic carbocycles. The molecule has 1 aromatic rings. The van der Waals surface area contributed by atoms with Gasteiger partial charge in [-0.1, -0.05) is 36.6 Å². The maximum atomic E-state index is 11.6. The van der Waals surface area contributed by atoms with E-state index in [4.69, 9.17) is 16.4 Å². The minimum absolute atomic E-state index is 0.126. The predicted molar refractivity (Wildman–Crippen MR) is 66.6 cm³/mol. The summed E-state index contributed by atoms with van der Waals surface area (Å²) >= 11 is 5.85. The summed E-state index contributed by atoms with van der Waals surface area (Å²) in [7, 11) is 0. The van der Waals surface area contributed by atoms with E-state index in [1.54, 1.807) is 12.1 Å². The van der Waals surface area contributed by atoms with Crippen molar-refractivity contribution in [2.24, 2.45) is 0 Å². The van der Waals surface area contributed by atoms with E-state index in [1.807, 2.05) is 12.1 Å². The van der Waals surface area contributed by atoms with Gasteiger partial charge in [0.25, 0.3) is 0 Å². The average Bonchev–Trinajstić information content (AvgIpc) is 2.79. The van der Waals surface area contributed by atoms with Crippen molar-refractivity contribution in [2.75, 3.05) is 0 Å². The van der Waals surface area contributed by atoms with E-state index in [-0.39, 0.29) is 12.0 Å². The third-order valence-corrected chi connectivity index (χ3v) is 3.13. The molecule has 2 rings (SSSR count). The summed E-state index contributed by atoms with van der Waals surface area (Å²) in [5.41, 5.74) is 3.40. The molecule has 0 heterocycles. The number of carbonyl (C=O) groups is 1. The quantitative estimate of drug-likeness (QED) is 0.838. The van der Waals surface area contributed by atoms with E-state index in [0.29, 0.717) is 11.4 Å². The van der Waals surface area contributed by atoms with E-state index in [9.17, 15) is 4.79 Å².